The Balaban J connectivity index is 4.91. The van der Waals surface area contributed by atoms with Gasteiger partial charge in [-0.05, 0) is 24.6 Å². The van der Waals surface area contributed by atoms with Crippen molar-refractivity contribution >= 4 is 26.2 Å². The predicted octanol–water partition coefficient (Wildman–Crippen LogP) is 8.44. The monoisotopic (exact) mass is 540 g/mol. The first-order valence-corrected chi connectivity index (χ1v) is 17.7. The van der Waals surface area contributed by atoms with Crippen LogP contribution in [0, 0.1) is 0 Å². The smallest absolute Gasteiger partial charge is 0.331 e. The Kier molecular flexibility index (Phi) is 23.6. The number of ether oxygens (including phenoxy) is 2. The predicted molar refractivity (Wildman–Crippen MR) is 154 cm³/mol. The van der Waals surface area contributed by atoms with E-state index >= 15 is 0 Å². The topological polar surface area (TPSA) is 78.9 Å². The van der Waals surface area contributed by atoms with Crippen LogP contribution in [0.5, 0.6) is 0 Å². The molecule has 0 N–H and O–H groups in total. The summed E-state index contributed by atoms with van der Waals surface area (Å²) in [5, 5.41) is 0. The van der Waals surface area contributed by atoms with Crippen LogP contribution in [0.25, 0.3) is 0 Å². The fraction of sp³-hybridized carbons (Fsp3) is 0.833. The van der Waals surface area contributed by atoms with Gasteiger partial charge in [-0.1, -0.05) is 124 Å². The van der Waals surface area contributed by atoms with E-state index in [-0.39, 0.29) is 0 Å². The van der Waals surface area contributed by atoms with Gasteiger partial charge < -0.3 is 13.9 Å². The minimum atomic E-state index is -2.27. The number of unbranched alkanes of at least 4 members (excludes halogenated alkanes) is 12. The van der Waals surface area contributed by atoms with Crippen molar-refractivity contribution in [1.29, 1.82) is 0 Å². The average molecular weight is 541 g/mol. The molecule has 0 amide bonds. The third-order valence-electron chi connectivity index (χ3n) is 6.72. The van der Waals surface area contributed by atoms with Gasteiger partial charge in [-0.2, -0.15) is 0 Å². The van der Waals surface area contributed by atoms with Crippen LogP contribution < -0.4 is 0 Å². The van der Waals surface area contributed by atoms with E-state index in [9.17, 15) is 14.4 Å². The van der Waals surface area contributed by atoms with E-state index in [4.69, 9.17) is 13.9 Å². The number of hydrogen-bond acceptors (Lipinski definition) is 6. The van der Waals surface area contributed by atoms with Crippen LogP contribution in [0.1, 0.15) is 130 Å². The van der Waals surface area contributed by atoms with E-state index < -0.39 is 32.8 Å². The Morgan fingerprint density at radius 2 is 0.946 bits per heavy atom. The third kappa shape index (κ3) is 21.0. The molecule has 0 aliphatic heterocycles. The van der Waals surface area contributed by atoms with Crippen molar-refractivity contribution in [2.45, 2.75) is 149 Å². The Morgan fingerprint density at radius 1 is 0.541 bits per heavy atom. The third-order valence-corrected chi connectivity index (χ3v) is 11.2. The lowest BCUT2D eigenvalue weighted by atomic mass is 10.2. The minimum absolute atomic E-state index is 0.339. The first kappa shape index (κ1) is 35.4. The van der Waals surface area contributed by atoms with Gasteiger partial charge in [0.1, 0.15) is 0 Å². The van der Waals surface area contributed by atoms with E-state index in [1.807, 2.05) is 0 Å². The molecule has 0 atom stereocenters. The molecule has 0 aliphatic rings. The van der Waals surface area contributed by atoms with E-state index in [0.717, 1.165) is 75.2 Å². The second kappa shape index (κ2) is 24.7. The molecule has 0 aliphatic carbocycles. The molecule has 0 saturated heterocycles. The zero-order chi connectivity index (χ0) is 27.6. The van der Waals surface area contributed by atoms with Gasteiger partial charge in [-0.25, -0.2) is 14.4 Å². The zero-order valence-electron chi connectivity index (χ0n) is 24.5. The van der Waals surface area contributed by atoms with Gasteiger partial charge in [-0.15, -0.1) is 0 Å². The van der Waals surface area contributed by atoms with Crippen molar-refractivity contribution in [1.82, 2.24) is 0 Å². The summed E-state index contributed by atoms with van der Waals surface area (Å²) in [6.45, 7) is 8.66. The fourth-order valence-corrected chi connectivity index (χ4v) is 8.77. The van der Waals surface area contributed by atoms with Gasteiger partial charge in [-0.3, -0.25) is 0 Å². The molecule has 0 saturated carbocycles. The highest BCUT2D eigenvalue weighted by Crippen LogP contribution is 2.31. The lowest BCUT2D eigenvalue weighted by molar-refractivity contribution is -0.150. The van der Waals surface area contributed by atoms with Crippen LogP contribution in [0.3, 0.4) is 0 Å². The second-order valence-electron chi connectivity index (χ2n) is 10.3. The quantitative estimate of drug-likeness (QED) is 0.0500. The van der Waals surface area contributed by atoms with E-state index in [2.05, 4.69) is 27.7 Å². The van der Waals surface area contributed by atoms with Gasteiger partial charge >= 0.3 is 17.9 Å². The molecular weight excluding hydrogens is 484 g/mol. The number of rotatable bonds is 25. The van der Waals surface area contributed by atoms with Crippen LogP contribution in [-0.2, 0) is 28.3 Å². The number of hydrogen-bond donors (Lipinski definition) is 0. The molecule has 0 radical (unpaired) electrons. The summed E-state index contributed by atoms with van der Waals surface area (Å²) < 4.78 is 16.4. The van der Waals surface area contributed by atoms with Gasteiger partial charge in [0, 0.05) is 12.2 Å². The molecule has 0 aromatic heterocycles. The molecule has 0 spiro atoms. The molecule has 7 heteroatoms. The van der Waals surface area contributed by atoms with Gasteiger partial charge in [0.05, 0.1) is 6.61 Å². The Hall–Kier alpha value is -1.63. The summed E-state index contributed by atoms with van der Waals surface area (Å²) in [6, 6.07) is 2.98. The molecule has 0 heterocycles. The van der Waals surface area contributed by atoms with Crippen molar-refractivity contribution in [2.75, 3.05) is 13.2 Å². The van der Waals surface area contributed by atoms with Crippen LogP contribution >= 0.6 is 0 Å². The van der Waals surface area contributed by atoms with Gasteiger partial charge in [0.15, 0.2) is 6.61 Å². The fourth-order valence-electron chi connectivity index (χ4n) is 4.48. The highest BCUT2D eigenvalue weighted by molar-refractivity contribution is 6.75. The molecule has 0 bridgehead atoms. The number of carbonyl (C=O) groups excluding carboxylic acids is 3. The Labute approximate surface area is 228 Å². The maximum Gasteiger partial charge on any atom is 0.331 e. The van der Waals surface area contributed by atoms with Crippen molar-refractivity contribution in [3.8, 4) is 0 Å². The van der Waals surface area contributed by atoms with Crippen LogP contribution in [0.4, 0.5) is 0 Å². The molecule has 0 rings (SSSR count). The Morgan fingerprint density at radius 3 is 1.38 bits per heavy atom. The molecule has 0 aromatic rings. The standard InChI is InChI=1S/C30H56O6Si/c1-5-9-13-17-23-34-28(31)21-22-29(32)35-27-30(33)36-37(24-18-14-10-6-2,25-19-15-11-7-3)26-20-16-12-8-4/h21-22H,5-20,23-27H2,1-4H3. The summed E-state index contributed by atoms with van der Waals surface area (Å²) in [7, 11) is -2.27. The summed E-state index contributed by atoms with van der Waals surface area (Å²) in [6.07, 6.45) is 20.1. The maximum absolute atomic E-state index is 12.8. The molecule has 0 unspecified atom stereocenters. The molecule has 216 valence electrons. The van der Waals surface area contributed by atoms with Crippen molar-refractivity contribution in [3.05, 3.63) is 12.2 Å². The SMILES string of the molecule is CCCCCCOC(=O)C=CC(=O)OCC(=O)O[Si](CCCCCC)(CCCCCC)CCCCCC. The Bertz CT molecular complexity index is 588. The van der Waals surface area contributed by atoms with Crippen LogP contribution in [-0.4, -0.2) is 39.4 Å². The summed E-state index contributed by atoms with van der Waals surface area (Å²) in [5.41, 5.74) is 0. The first-order chi connectivity index (χ1) is 17.9. The van der Waals surface area contributed by atoms with Gasteiger partial charge in [0.25, 0.3) is 8.32 Å². The van der Waals surface area contributed by atoms with E-state index in [1.165, 1.54) is 57.8 Å². The second-order valence-corrected chi connectivity index (χ2v) is 14.3. The molecular formula is C30H56O6Si. The van der Waals surface area contributed by atoms with Crippen molar-refractivity contribution in [3.63, 3.8) is 0 Å². The highest BCUT2D eigenvalue weighted by atomic mass is 28.4. The molecule has 37 heavy (non-hydrogen) atoms. The first-order valence-electron chi connectivity index (χ1n) is 15.2. The minimum Gasteiger partial charge on any atom is -0.517 e. The van der Waals surface area contributed by atoms with Crippen LogP contribution in [0.15, 0.2) is 12.2 Å². The number of carbonyl (C=O) groups is 3. The summed E-state index contributed by atoms with van der Waals surface area (Å²) in [5.74, 6) is -1.76. The molecule has 0 aromatic carbocycles. The zero-order valence-corrected chi connectivity index (χ0v) is 25.5. The maximum atomic E-state index is 12.8. The highest BCUT2D eigenvalue weighted by Gasteiger charge is 2.37. The van der Waals surface area contributed by atoms with Crippen molar-refractivity contribution in [2.24, 2.45) is 0 Å². The van der Waals surface area contributed by atoms with Gasteiger partial charge in [0.2, 0.25) is 0 Å². The summed E-state index contributed by atoms with van der Waals surface area (Å²) in [4.78, 5) is 36.6. The largest absolute Gasteiger partial charge is 0.517 e. The van der Waals surface area contributed by atoms with Crippen LogP contribution in [0.2, 0.25) is 18.1 Å². The van der Waals surface area contributed by atoms with E-state index in [0.29, 0.717) is 6.61 Å². The molecule has 0 fully saturated rings. The average Bonchev–Trinajstić information content (AvgIpc) is 2.89. The summed E-state index contributed by atoms with van der Waals surface area (Å²) >= 11 is 0. The molecule has 6 nitrogen and oxygen atoms in total. The van der Waals surface area contributed by atoms with Crippen molar-refractivity contribution < 1.29 is 28.3 Å². The van der Waals surface area contributed by atoms with E-state index in [1.54, 1.807) is 0 Å². The number of esters is 2. The lowest BCUT2D eigenvalue weighted by Crippen LogP contribution is -2.41. The lowest BCUT2D eigenvalue weighted by Gasteiger charge is -2.31. The normalized spacial score (nSPS) is 11.6.